The third-order valence-electron chi connectivity index (χ3n) is 5.16. The number of hydrogen-bond acceptors (Lipinski definition) is 3. The van der Waals surface area contributed by atoms with Crippen molar-refractivity contribution in [3.05, 3.63) is 18.5 Å². The predicted molar refractivity (Wildman–Crippen MR) is 121 cm³/mol. The van der Waals surface area contributed by atoms with E-state index in [0.717, 1.165) is 25.5 Å². The molecule has 27 heavy (non-hydrogen) atoms. The summed E-state index contributed by atoms with van der Waals surface area (Å²) in [7, 11) is -1.66. The van der Waals surface area contributed by atoms with Gasteiger partial charge in [0.2, 0.25) is 10.0 Å². The summed E-state index contributed by atoms with van der Waals surface area (Å²) in [4.78, 5) is 5.03. The Morgan fingerprint density at radius 3 is 2.48 bits per heavy atom. The van der Waals surface area contributed by atoms with Crippen LogP contribution in [0, 0.1) is 5.41 Å². The number of guanidine groups is 1. The molecule has 0 unspecified atom stereocenters. The van der Waals surface area contributed by atoms with Crippen LogP contribution in [0.2, 0.25) is 0 Å². The number of nitrogens with zero attached hydrogens (tertiary/aromatic N) is 2. The molecule has 1 fully saturated rings. The molecule has 0 aromatic carbocycles. The second kappa shape index (κ2) is 11.3. The summed E-state index contributed by atoms with van der Waals surface area (Å²) in [6.45, 7) is 6.67. The minimum absolute atomic E-state index is 0. The number of aliphatic imine (C=N–C) groups is 1. The molecular weight excluding hydrogens is 477 g/mol. The first-order valence-corrected chi connectivity index (χ1v) is 11.0. The summed E-state index contributed by atoms with van der Waals surface area (Å²) in [5.41, 5.74) is 0.344. The van der Waals surface area contributed by atoms with E-state index in [9.17, 15) is 8.42 Å². The Morgan fingerprint density at radius 1 is 1.22 bits per heavy atom. The molecule has 3 N–H and O–H groups in total. The smallest absolute Gasteiger partial charge is 0.242 e. The first kappa shape index (κ1) is 24.2. The van der Waals surface area contributed by atoms with Crippen molar-refractivity contribution in [2.75, 3.05) is 26.2 Å². The van der Waals surface area contributed by atoms with Crippen LogP contribution in [0.5, 0.6) is 0 Å². The van der Waals surface area contributed by atoms with E-state index in [1.807, 2.05) is 6.92 Å². The molecule has 9 heteroatoms. The van der Waals surface area contributed by atoms with Gasteiger partial charge in [-0.05, 0) is 37.7 Å². The number of sulfonamides is 1. The van der Waals surface area contributed by atoms with E-state index in [4.69, 9.17) is 4.99 Å². The second-order valence-electron chi connectivity index (χ2n) is 7.09. The van der Waals surface area contributed by atoms with Crippen molar-refractivity contribution in [1.29, 1.82) is 0 Å². The average Bonchev–Trinajstić information content (AvgIpc) is 3.26. The van der Waals surface area contributed by atoms with Gasteiger partial charge in [-0.25, -0.2) is 13.1 Å². The lowest BCUT2D eigenvalue weighted by molar-refractivity contribution is 0.297. The Kier molecular flexibility index (Phi) is 10.1. The number of rotatable bonds is 9. The highest BCUT2D eigenvalue weighted by molar-refractivity contribution is 14.0. The van der Waals surface area contributed by atoms with Crippen molar-refractivity contribution < 1.29 is 8.42 Å². The maximum atomic E-state index is 12.2. The molecule has 1 heterocycles. The van der Waals surface area contributed by atoms with Gasteiger partial charge in [-0.2, -0.15) is 0 Å². The van der Waals surface area contributed by atoms with Crippen molar-refractivity contribution in [3.8, 4) is 0 Å². The predicted octanol–water partition coefficient (Wildman–Crippen LogP) is 2.45. The molecule has 0 radical (unpaired) electrons. The molecular formula is C18H34IN5O2S. The zero-order chi connectivity index (χ0) is 19.0. The summed E-state index contributed by atoms with van der Waals surface area (Å²) in [5.74, 6) is 0.756. The van der Waals surface area contributed by atoms with Crippen LogP contribution in [0.25, 0.3) is 0 Å². The van der Waals surface area contributed by atoms with E-state index in [1.165, 1.54) is 25.7 Å². The number of hydrogen-bond donors (Lipinski definition) is 3. The summed E-state index contributed by atoms with van der Waals surface area (Å²) in [6, 6.07) is 1.59. The van der Waals surface area contributed by atoms with E-state index in [0.29, 0.717) is 18.5 Å². The van der Waals surface area contributed by atoms with Crippen LogP contribution >= 0.6 is 24.0 Å². The van der Waals surface area contributed by atoms with Gasteiger partial charge in [0.05, 0.1) is 4.90 Å². The minimum Gasteiger partial charge on any atom is -0.357 e. The zero-order valence-corrected chi connectivity index (χ0v) is 19.8. The first-order valence-electron chi connectivity index (χ1n) is 9.54. The molecule has 1 aromatic rings. The fourth-order valence-electron chi connectivity index (χ4n) is 3.42. The van der Waals surface area contributed by atoms with Gasteiger partial charge in [0.25, 0.3) is 0 Å². The van der Waals surface area contributed by atoms with Crippen LogP contribution in [0.3, 0.4) is 0 Å². The lowest BCUT2D eigenvalue weighted by Gasteiger charge is -2.25. The highest BCUT2D eigenvalue weighted by Crippen LogP contribution is 2.41. The number of aryl methyl sites for hydroxylation is 1. The summed E-state index contributed by atoms with van der Waals surface area (Å²) < 4.78 is 28.7. The third-order valence-corrected chi connectivity index (χ3v) is 6.60. The monoisotopic (exact) mass is 511 g/mol. The highest BCUT2D eigenvalue weighted by atomic mass is 127. The maximum Gasteiger partial charge on any atom is 0.242 e. The highest BCUT2D eigenvalue weighted by Gasteiger charge is 2.31. The maximum absolute atomic E-state index is 12.2. The summed E-state index contributed by atoms with van der Waals surface area (Å²) >= 11 is 0. The molecule has 1 aliphatic carbocycles. The molecule has 1 aromatic heterocycles. The lowest BCUT2D eigenvalue weighted by atomic mass is 9.84. The molecule has 0 spiro atoms. The average molecular weight is 511 g/mol. The normalized spacial score (nSPS) is 16.8. The third kappa shape index (κ3) is 7.26. The molecule has 2 rings (SSSR count). The number of aromatic nitrogens is 1. The standard InChI is InChI=1S/C18H33N5O2S.HI/c1-4-18(9-6-7-10-18)15-21-17(19-5-2)20-11-12-22-26(24,25)16-8-13-23(3)14-16;/h8,13-14,22H,4-7,9-12,15H2,1-3H3,(H2,19,20,21);1H. The fraction of sp³-hybridized carbons (Fsp3) is 0.722. The van der Waals surface area contributed by atoms with E-state index in [2.05, 4.69) is 22.3 Å². The molecule has 0 amide bonds. The van der Waals surface area contributed by atoms with E-state index < -0.39 is 10.0 Å². The van der Waals surface area contributed by atoms with Crippen LogP contribution in [0.15, 0.2) is 28.3 Å². The molecule has 0 aliphatic heterocycles. The topological polar surface area (TPSA) is 87.5 Å². The molecule has 0 saturated heterocycles. The Hall–Kier alpha value is -0.810. The van der Waals surface area contributed by atoms with E-state index in [-0.39, 0.29) is 28.9 Å². The van der Waals surface area contributed by atoms with Crippen LogP contribution in [-0.4, -0.2) is 45.1 Å². The van der Waals surface area contributed by atoms with Crippen molar-refractivity contribution in [3.63, 3.8) is 0 Å². The molecule has 0 bridgehead atoms. The molecule has 0 atom stereocenters. The van der Waals surface area contributed by atoms with Gasteiger partial charge in [-0.15, -0.1) is 24.0 Å². The Morgan fingerprint density at radius 2 is 1.93 bits per heavy atom. The van der Waals surface area contributed by atoms with Crippen LogP contribution < -0.4 is 15.4 Å². The van der Waals surface area contributed by atoms with Crippen molar-refractivity contribution in [2.45, 2.75) is 50.8 Å². The van der Waals surface area contributed by atoms with Gasteiger partial charge in [-0.3, -0.25) is 4.99 Å². The Balaban J connectivity index is 0.00000364. The molecule has 1 aliphatic rings. The van der Waals surface area contributed by atoms with Gasteiger partial charge in [0.1, 0.15) is 0 Å². The fourth-order valence-corrected chi connectivity index (χ4v) is 4.51. The van der Waals surface area contributed by atoms with Gasteiger partial charge >= 0.3 is 0 Å². The van der Waals surface area contributed by atoms with Crippen molar-refractivity contribution in [1.82, 2.24) is 19.9 Å². The van der Waals surface area contributed by atoms with Crippen molar-refractivity contribution in [2.24, 2.45) is 17.5 Å². The zero-order valence-electron chi connectivity index (χ0n) is 16.6. The largest absolute Gasteiger partial charge is 0.357 e. The minimum atomic E-state index is -3.46. The molecule has 1 saturated carbocycles. The molecule has 7 nitrogen and oxygen atoms in total. The van der Waals surface area contributed by atoms with Gasteiger partial charge in [0, 0.05) is 45.6 Å². The summed E-state index contributed by atoms with van der Waals surface area (Å²) in [5, 5.41) is 6.46. The Bertz CT molecular complexity index is 696. The van der Waals surface area contributed by atoms with Crippen LogP contribution in [0.1, 0.15) is 46.0 Å². The van der Waals surface area contributed by atoms with Gasteiger partial charge in [0.15, 0.2) is 5.96 Å². The van der Waals surface area contributed by atoms with E-state index >= 15 is 0 Å². The quantitative estimate of drug-likeness (QED) is 0.206. The van der Waals surface area contributed by atoms with E-state index in [1.54, 1.807) is 30.1 Å². The summed E-state index contributed by atoms with van der Waals surface area (Å²) in [6.07, 6.45) is 9.57. The van der Waals surface area contributed by atoms with Crippen LogP contribution in [0.4, 0.5) is 0 Å². The molecule has 156 valence electrons. The first-order chi connectivity index (χ1) is 12.4. The van der Waals surface area contributed by atoms with Crippen molar-refractivity contribution >= 4 is 40.0 Å². The second-order valence-corrected chi connectivity index (χ2v) is 8.86. The van der Waals surface area contributed by atoms with Gasteiger partial charge < -0.3 is 15.2 Å². The number of halogens is 1. The lowest BCUT2D eigenvalue weighted by Crippen LogP contribution is -2.42. The number of nitrogens with one attached hydrogen (secondary N) is 3. The SMILES string of the molecule is CCNC(=NCC1(CC)CCCC1)NCCNS(=O)(=O)c1ccn(C)c1.I. The van der Waals surface area contributed by atoms with Crippen LogP contribution in [-0.2, 0) is 17.1 Å². The Labute approximate surface area is 180 Å². The van der Waals surface area contributed by atoms with Gasteiger partial charge in [-0.1, -0.05) is 19.8 Å².